The molecule has 0 aliphatic carbocycles. The lowest BCUT2D eigenvalue weighted by Crippen LogP contribution is -2.09. The van der Waals surface area contributed by atoms with Crippen LogP contribution in [0.15, 0.2) is 48.5 Å². The van der Waals surface area contributed by atoms with Crippen LogP contribution >= 0.6 is 15.9 Å². The molecule has 4 nitrogen and oxygen atoms in total. The van der Waals surface area contributed by atoms with E-state index in [1.54, 1.807) is 18.2 Å². The number of hydrogen-bond acceptors (Lipinski definition) is 3. The third kappa shape index (κ3) is 4.58. The Morgan fingerprint density at radius 2 is 2.00 bits per heavy atom. The Balaban J connectivity index is 2.19. The topological polar surface area (TPSA) is 58.6 Å². The number of alkyl halides is 1. The zero-order valence-electron chi connectivity index (χ0n) is 12.3. The van der Waals surface area contributed by atoms with Gasteiger partial charge in [-0.25, -0.2) is 0 Å². The number of rotatable bonds is 6. The van der Waals surface area contributed by atoms with Crippen LogP contribution in [0.3, 0.4) is 0 Å². The van der Waals surface area contributed by atoms with E-state index in [1.165, 1.54) is 6.92 Å². The molecule has 0 fully saturated rings. The van der Waals surface area contributed by atoms with E-state index in [9.17, 15) is 9.90 Å². The first-order valence-electron chi connectivity index (χ1n) is 6.92. The normalized spacial score (nSPS) is 11.8. The molecule has 2 N–H and O–H groups in total. The molecule has 22 heavy (non-hydrogen) atoms. The van der Waals surface area contributed by atoms with E-state index in [4.69, 9.17) is 4.74 Å². The SMILES string of the molecule is CC(=O)Nc1cc([C@H](O)CBr)ccc1OCc1ccccc1. The fourth-order valence-corrected chi connectivity index (χ4v) is 2.37. The predicted molar refractivity (Wildman–Crippen MR) is 90.3 cm³/mol. The van der Waals surface area contributed by atoms with E-state index in [1.807, 2.05) is 30.3 Å². The van der Waals surface area contributed by atoms with E-state index in [-0.39, 0.29) is 5.91 Å². The van der Waals surface area contributed by atoms with E-state index >= 15 is 0 Å². The molecule has 0 bridgehead atoms. The summed E-state index contributed by atoms with van der Waals surface area (Å²) in [4.78, 5) is 11.4. The maximum absolute atomic E-state index is 11.4. The van der Waals surface area contributed by atoms with Crippen molar-refractivity contribution in [2.45, 2.75) is 19.6 Å². The van der Waals surface area contributed by atoms with E-state index in [0.717, 1.165) is 5.56 Å². The van der Waals surface area contributed by atoms with Crippen LogP contribution in [0.25, 0.3) is 0 Å². The third-order valence-corrected chi connectivity index (χ3v) is 3.70. The van der Waals surface area contributed by atoms with Gasteiger partial charge in [0, 0.05) is 12.3 Å². The zero-order chi connectivity index (χ0) is 15.9. The number of carbonyl (C=O) groups is 1. The number of anilines is 1. The fourth-order valence-electron chi connectivity index (χ4n) is 1.99. The molecule has 0 spiro atoms. The van der Waals surface area contributed by atoms with Gasteiger partial charge < -0.3 is 15.2 Å². The Hall–Kier alpha value is -1.85. The maximum Gasteiger partial charge on any atom is 0.221 e. The summed E-state index contributed by atoms with van der Waals surface area (Å²) >= 11 is 3.24. The van der Waals surface area contributed by atoms with Crippen LogP contribution in [0.2, 0.25) is 0 Å². The molecular weight excluding hydrogens is 346 g/mol. The first-order valence-corrected chi connectivity index (χ1v) is 8.04. The van der Waals surface area contributed by atoms with E-state index in [0.29, 0.717) is 28.9 Å². The molecule has 2 aromatic rings. The number of halogens is 1. The van der Waals surface area contributed by atoms with Crippen molar-refractivity contribution in [2.24, 2.45) is 0 Å². The smallest absolute Gasteiger partial charge is 0.221 e. The number of aliphatic hydroxyl groups is 1. The molecule has 2 aromatic carbocycles. The number of carbonyl (C=O) groups excluding carboxylic acids is 1. The highest BCUT2D eigenvalue weighted by molar-refractivity contribution is 9.09. The first-order chi connectivity index (χ1) is 10.6. The second-order valence-electron chi connectivity index (χ2n) is 4.88. The van der Waals surface area contributed by atoms with Gasteiger partial charge in [0.1, 0.15) is 12.4 Å². The quantitative estimate of drug-likeness (QED) is 0.770. The molecule has 0 unspecified atom stereocenters. The van der Waals surface area contributed by atoms with Gasteiger partial charge in [-0.3, -0.25) is 4.79 Å². The van der Waals surface area contributed by atoms with Crippen LogP contribution < -0.4 is 10.1 Å². The molecule has 0 radical (unpaired) electrons. The van der Waals surface area contributed by atoms with E-state index in [2.05, 4.69) is 21.2 Å². The summed E-state index contributed by atoms with van der Waals surface area (Å²) in [6.07, 6.45) is -0.629. The van der Waals surface area contributed by atoms with Gasteiger partial charge in [0.15, 0.2) is 0 Å². The molecular formula is C17H18BrNO3. The second kappa shape index (κ2) is 7.96. The summed E-state index contributed by atoms with van der Waals surface area (Å²) < 4.78 is 5.78. The lowest BCUT2D eigenvalue weighted by molar-refractivity contribution is -0.114. The molecule has 1 amide bonds. The van der Waals surface area contributed by atoms with Gasteiger partial charge in [-0.2, -0.15) is 0 Å². The standard InChI is InChI=1S/C17H18BrNO3/c1-12(20)19-15-9-14(16(21)10-18)7-8-17(15)22-11-13-5-3-2-4-6-13/h2-9,16,21H,10-11H2,1H3,(H,19,20)/t16-/m1/s1. The Morgan fingerprint density at radius 3 is 2.64 bits per heavy atom. The molecule has 1 atom stereocenters. The predicted octanol–water partition coefficient (Wildman–Crippen LogP) is 3.65. The zero-order valence-corrected chi connectivity index (χ0v) is 13.8. The van der Waals surface area contributed by atoms with Crippen molar-refractivity contribution in [3.05, 3.63) is 59.7 Å². The monoisotopic (exact) mass is 363 g/mol. The van der Waals surface area contributed by atoms with Crippen LogP contribution in [0, 0.1) is 0 Å². The van der Waals surface area contributed by atoms with Gasteiger partial charge in [-0.1, -0.05) is 52.3 Å². The molecule has 0 aliphatic rings. The Bertz CT molecular complexity index is 631. The van der Waals surface area contributed by atoms with Crippen LogP contribution in [0.4, 0.5) is 5.69 Å². The number of benzene rings is 2. The van der Waals surface area contributed by atoms with Gasteiger partial charge in [0.05, 0.1) is 11.8 Å². The molecule has 116 valence electrons. The van der Waals surface area contributed by atoms with Crippen LogP contribution in [-0.2, 0) is 11.4 Å². The summed E-state index contributed by atoms with van der Waals surface area (Å²) in [7, 11) is 0. The molecule has 2 rings (SSSR count). The van der Waals surface area contributed by atoms with Crippen molar-refractivity contribution in [3.8, 4) is 5.75 Å². The molecule has 0 heterocycles. The van der Waals surface area contributed by atoms with Crippen molar-refractivity contribution in [1.82, 2.24) is 0 Å². The number of amides is 1. The van der Waals surface area contributed by atoms with Crippen molar-refractivity contribution in [2.75, 3.05) is 10.6 Å². The largest absolute Gasteiger partial charge is 0.487 e. The summed E-state index contributed by atoms with van der Waals surface area (Å²) in [6.45, 7) is 1.85. The minimum absolute atomic E-state index is 0.185. The van der Waals surface area contributed by atoms with Gasteiger partial charge in [-0.05, 0) is 23.3 Å². The third-order valence-electron chi connectivity index (χ3n) is 3.08. The number of nitrogens with one attached hydrogen (secondary N) is 1. The van der Waals surface area contributed by atoms with Crippen LogP contribution in [-0.4, -0.2) is 16.3 Å². The van der Waals surface area contributed by atoms with Gasteiger partial charge in [0.25, 0.3) is 0 Å². The maximum atomic E-state index is 11.4. The Kier molecular flexibility index (Phi) is 5.98. The van der Waals surface area contributed by atoms with E-state index < -0.39 is 6.10 Å². The molecule has 0 aromatic heterocycles. The average Bonchev–Trinajstić information content (AvgIpc) is 2.53. The molecule has 0 saturated heterocycles. The minimum Gasteiger partial charge on any atom is -0.487 e. The summed E-state index contributed by atoms with van der Waals surface area (Å²) in [5, 5.41) is 13.1. The number of ether oxygens (including phenoxy) is 1. The van der Waals surface area contributed by atoms with Crippen molar-refractivity contribution in [1.29, 1.82) is 0 Å². The number of aliphatic hydroxyl groups excluding tert-OH is 1. The lowest BCUT2D eigenvalue weighted by Gasteiger charge is -2.15. The minimum atomic E-state index is -0.629. The average molecular weight is 364 g/mol. The van der Waals surface area contributed by atoms with Crippen LogP contribution in [0.5, 0.6) is 5.75 Å². The van der Waals surface area contributed by atoms with Gasteiger partial charge >= 0.3 is 0 Å². The van der Waals surface area contributed by atoms with Crippen molar-refractivity contribution in [3.63, 3.8) is 0 Å². The second-order valence-corrected chi connectivity index (χ2v) is 5.53. The first kappa shape index (κ1) is 16.5. The lowest BCUT2D eigenvalue weighted by atomic mass is 10.1. The highest BCUT2D eigenvalue weighted by Crippen LogP contribution is 2.29. The Labute approximate surface area is 138 Å². The fraction of sp³-hybridized carbons (Fsp3) is 0.235. The van der Waals surface area contributed by atoms with Gasteiger partial charge in [-0.15, -0.1) is 0 Å². The molecule has 5 heteroatoms. The highest BCUT2D eigenvalue weighted by Gasteiger charge is 2.11. The highest BCUT2D eigenvalue weighted by atomic mass is 79.9. The Morgan fingerprint density at radius 1 is 1.27 bits per heavy atom. The number of hydrogen-bond donors (Lipinski definition) is 2. The van der Waals surface area contributed by atoms with Crippen LogP contribution in [0.1, 0.15) is 24.2 Å². The summed E-state index contributed by atoms with van der Waals surface area (Å²) in [6, 6.07) is 15.1. The van der Waals surface area contributed by atoms with Gasteiger partial charge in [0.2, 0.25) is 5.91 Å². The van der Waals surface area contributed by atoms with Crippen molar-refractivity contribution < 1.29 is 14.6 Å². The van der Waals surface area contributed by atoms with Crippen molar-refractivity contribution >= 4 is 27.5 Å². The summed E-state index contributed by atoms with van der Waals surface area (Å²) in [5.74, 6) is 0.389. The summed E-state index contributed by atoms with van der Waals surface area (Å²) in [5.41, 5.74) is 2.31. The molecule has 0 aliphatic heterocycles. The molecule has 0 saturated carbocycles.